The van der Waals surface area contributed by atoms with Gasteiger partial charge in [0.25, 0.3) is 0 Å². The molecule has 0 aromatic heterocycles. The summed E-state index contributed by atoms with van der Waals surface area (Å²) in [4.78, 5) is 10.9. The molecule has 0 saturated heterocycles. The molecule has 1 N–H and O–H groups in total. The highest BCUT2D eigenvalue weighted by molar-refractivity contribution is 5.75. The van der Waals surface area contributed by atoms with E-state index in [4.69, 9.17) is 9.84 Å². The highest BCUT2D eigenvalue weighted by Gasteiger charge is 2.54. The number of hydrogen-bond acceptors (Lipinski definition) is 2. The average molecular weight is 298 g/mol. The number of benzene rings is 1. The Kier molecular flexibility index (Phi) is 3.80. The molecule has 1 aliphatic rings. The first-order valence-electron chi connectivity index (χ1n) is 6.13. The van der Waals surface area contributed by atoms with Crippen LogP contribution in [-0.4, -0.2) is 24.4 Å². The van der Waals surface area contributed by atoms with Gasteiger partial charge in [-0.05, 0) is 6.07 Å². The van der Waals surface area contributed by atoms with Crippen molar-refractivity contribution in [2.24, 2.45) is 5.92 Å². The largest absolute Gasteiger partial charge is 0.496 e. The van der Waals surface area contributed by atoms with Gasteiger partial charge in [-0.25, -0.2) is 0 Å². The van der Waals surface area contributed by atoms with Crippen LogP contribution in [0.15, 0.2) is 48.6 Å². The summed E-state index contributed by atoms with van der Waals surface area (Å²) in [6, 6.07) is 5.81. The fourth-order valence-corrected chi connectivity index (χ4v) is 2.30. The van der Waals surface area contributed by atoms with Crippen LogP contribution in [0.1, 0.15) is 5.56 Å². The number of ether oxygens (including phenoxy) is 1. The van der Waals surface area contributed by atoms with Crippen molar-refractivity contribution in [2.45, 2.75) is 11.6 Å². The SMILES string of the molecule is COc1ccccc1C1(C(F)(F)F)C=CC(C(=O)O)C=C1. The zero-order valence-electron chi connectivity index (χ0n) is 11.1. The number of allylic oxidation sites excluding steroid dienone is 2. The van der Waals surface area contributed by atoms with Crippen molar-refractivity contribution < 1.29 is 27.8 Å². The van der Waals surface area contributed by atoms with Crippen molar-refractivity contribution >= 4 is 5.97 Å². The van der Waals surface area contributed by atoms with Crippen LogP contribution >= 0.6 is 0 Å². The summed E-state index contributed by atoms with van der Waals surface area (Å²) >= 11 is 0. The summed E-state index contributed by atoms with van der Waals surface area (Å²) < 4.78 is 45.9. The predicted molar refractivity (Wildman–Crippen MR) is 70.1 cm³/mol. The van der Waals surface area contributed by atoms with Gasteiger partial charge in [-0.1, -0.05) is 42.5 Å². The Morgan fingerprint density at radius 1 is 1.24 bits per heavy atom. The second-order valence-corrected chi connectivity index (χ2v) is 4.65. The maximum atomic E-state index is 13.6. The quantitative estimate of drug-likeness (QED) is 0.871. The fourth-order valence-electron chi connectivity index (χ4n) is 2.30. The minimum absolute atomic E-state index is 0.0728. The first-order valence-corrected chi connectivity index (χ1v) is 6.13. The topological polar surface area (TPSA) is 46.5 Å². The van der Waals surface area contributed by atoms with E-state index in [1.807, 2.05) is 0 Å². The predicted octanol–water partition coefficient (Wildman–Crippen LogP) is 3.32. The van der Waals surface area contributed by atoms with E-state index >= 15 is 0 Å². The van der Waals surface area contributed by atoms with Crippen LogP contribution in [0.2, 0.25) is 0 Å². The number of aliphatic carboxylic acids is 1. The van der Waals surface area contributed by atoms with Crippen molar-refractivity contribution in [3.63, 3.8) is 0 Å². The Morgan fingerprint density at radius 2 is 1.81 bits per heavy atom. The molecule has 1 aliphatic carbocycles. The van der Waals surface area contributed by atoms with Crippen LogP contribution in [0.3, 0.4) is 0 Å². The Labute approximate surface area is 119 Å². The summed E-state index contributed by atoms with van der Waals surface area (Å²) in [5.41, 5.74) is -2.46. The summed E-state index contributed by atoms with van der Waals surface area (Å²) in [5, 5.41) is 8.87. The van der Waals surface area contributed by atoms with E-state index in [1.54, 1.807) is 6.07 Å². The van der Waals surface area contributed by atoms with E-state index in [2.05, 4.69) is 0 Å². The molecule has 0 radical (unpaired) electrons. The first kappa shape index (κ1) is 15.2. The lowest BCUT2D eigenvalue weighted by molar-refractivity contribution is -0.163. The number of alkyl halides is 3. The highest BCUT2D eigenvalue weighted by Crippen LogP contribution is 2.48. The summed E-state index contributed by atoms with van der Waals surface area (Å²) in [7, 11) is 1.29. The van der Waals surface area contributed by atoms with Crippen LogP contribution in [0.5, 0.6) is 5.75 Å². The summed E-state index contributed by atoms with van der Waals surface area (Å²) in [6.07, 6.45) is -0.768. The van der Waals surface area contributed by atoms with Gasteiger partial charge in [0, 0.05) is 5.56 Å². The van der Waals surface area contributed by atoms with Crippen LogP contribution in [0, 0.1) is 5.92 Å². The van der Waals surface area contributed by atoms with Crippen molar-refractivity contribution in [3.05, 3.63) is 54.1 Å². The molecule has 2 rings (SSSR count). The maximum absolute atomic E-state index is 13.6. The van der Waals surface area contributed by atoms with Gasteiger partial charge in [-0.3, -0.25) is 4.79 Å². The van der Waals surface area contributed by atoms with Crippen LogP contribution < -0.4 is 4.74 Å². The Morgan fingerprint density at radius 3 is 2.29 bits per heavy atom. The molecule has 1 aromatic rings. The number of carboxylic acids is 1. The van der Waals surface area contributed by atoms with Gasteiger partial charge < -0.3 is 9.84 Å². The first-order chi connectivity index (χ1) is 9.82. The molecule has 0 aliphatic heterocycles. The van der Waals surface area contributed by atoms with Gasteiger partial charge in [-0.15, -0.1) is 0 Å². The standard InChI is InChI=1S/C15H13F3O3/c1-21-12-5-3-2-4-11(12)14(15(16,17)18)8-6-10(7-9-14)13(19)20/h2-10H,1H3,(H,19,20). The average Bonchev–Trinajstić information content (AvgIpc) is 2.46. The molecule has 0 saturated carbocycles. The molecular weight excluding hydrogens is 285 g/mol. The molecule has 0 atom stereocenters. The number of rotatable bonds is 3. The number of hydrogen-bond donors (Lipinski definition) is 1. The summed E-state index contributed by atoms with van der Waals surface area (Å²) in [6.45, 7) is 0. The smallest absolute Gasteiger partial charge is 0.405 e. The third-order valence-electron chi connectivity index (χ3n) is 3.44. The molecule has 0 heterocycles. The second kappa shape index (κ2) is 5.27. The van der Waals surface area contributed by atoms with Crippen molar-refractivity contribution in [1.82, 2.24) is 0 Å². The summed E-state index contributed by atoms with van der Waals surface area (Å²) in [5.74, 6) is -2.16. The normalized spacial score (nSPS) is 24.9. The van der Waals surface area contributed by atoms with Crippen LogP contribution in [-0.2, 0) is 10.2 Å². The molecule has 0 spiro atoms. The highest BCUT2D eigenvalue weighted by atomic mass is 19.4. The monoisotopic (exact) mass is 298 g/mol. The molecule has 0 amide bonds. The lowest BCUT2D eigenvalue weighted by Gasteiger charge is -2.34. The molecule has 6 heteroatoms. The van der Waals surface area contributed by atoms with E-state index in [-0.39, 0.29) is 11.3 Å². The number of para-hydroxylation sites is 1. The van der Waals surface area contributed by atoms with Gasteiger partial charge >= 0.3 is 12.1 Å². The van der Waals surface area contributed by atoms with Crippen molar-refractivity contribution in [1.29, 1.82) is 0 Å². The van der Waals surface area contributed by atoms with Gasteiger partial charge in [0.15, 0.2) is 0 Å². The molecule has 1 aromatic carbocycles. The number of methoxy groups -OCH3 is 1. The molecule has 21 heavy (non-hydrogen) atoms. The van der Waals surface area contributed by atoms with Crippen LogP contribution in [0.4, 0.5) is 13.2 Å². The molecule has 0 unspecified atom stereocenters. The van der Waals surface area contributed by atoms with Crippen molar-refractivity contribution in [2.75, 3.05) is 7.11 Å². The lowest BCUT2D eigenvalue weighted by atomic mass is 9.75. The fraction of sp³-hybridized carbons (Fsp3) is 0.267. The minimum Gasteiger partial charge on any atom is -0.496 e. The van der Waals surface area contributed by atoms with E-state index in [9.17, 15) is 18.0 Å². The van der Waals surface area contributed by atoms with E-state index in [0.29, 0.717) is 0 Å². The Hall–Kier alpha value is -2.24. The van der Waals surface area contributed by atoms with E-state index in [1.165, 1.54) is 25.3 Å². The molecule has 0 fully saturated rings. The number of carboxylic acid groups (broad SMARTS) is 1. The third-order valence-corrected chi connectivity index (χ3v) is 3.44. The van der Waals surface area contributed by atoms with E-state index < -0.39 is 23.5 Å². The Balaban J connectivity index is 2.59. The molecule has 112 valence electrons. The zero-order chi connectivity index (χ0) is 15.7. The molecule has 0 bridgehead atoms. The van der Waals surface area contributed by atoms with Gasteiger partial charge in [0.2, 0.25) is 0 Å². The number of halogens is 3. The number of carbonyl (C=O) groups is 1. The van der Waals surface area contributed by atoms with Gasteiger partial charge in [0.1, 0.15) is 11.2 Å². The second-order valence-electron chi connectivity index (χ2n) is 4.65. The van der Waals surface area contributed by atoms with Crippen molar-refractivity contribution in [3.8, 4) is 5.75 Å². The van der Waals surface area contributed by atoms with E-state index in [0.717, 1.165) is 24.3 Å². The maximum Gasteiger partial charge on any atom is 0.405 e. The Bertz CT molecular complexity index is 588. The van der Waals surface area contributed by atoms with Gasteiger partial charge in [0.05, 0.1) is 13.0 Å². The third kappa shape index (κ3) is 2.53. The minimum atomic E-state index is -4.61. The van der Waals surface area contributed by atoms with Gasteiger partial charge in [-0.2, -0.15) is 13.2 Å². The zero-order valence-corrected chi connectivity index (χ0v) is 11.1. The molecule has 3 nitrogen and oxygen atoms in total. The molecular formula is C15H13F3O3. The van der Waals surface area contributed by atoms with Crippen LogP contribution in [0.25, 0.3) is 0 Å². The lowest BCUT2D eigenvalue weighted by Crippen LogP contribution is -2.41.